The maximum Gasteiger partial charge on any atom is 0.281 e. The zero-order valence-corrected chi connectivity index (χ0v) is 19.0. The van der Waals surface area contributed by atoms with Crippen molar-refractivity contribution in [3.8, 4) is 34.2 Å². The van der Waals surface area contributed by atoms with E-state index < -0.39 is 5.91 Å². The van der Waals surface area contributed by atoms with Crippen LogP contribution in [0.25, 0.3) is 16.9 Å². The van der Waals surface area contributed by atoms with Gasteiger partial charge >= 0.3 is 0 Å². The van der Waals surface area contributed by atoms with Crippen LogP contribution in [-0.4, -0.2) is 41.5 Å². The summed E-state index contributed by atoms with van der Waals surface area (Å²) in [6, 6.07) is 14.9. The molecule has 0 unspecified atom stereocenters. The molecule has 0 aliphatic carbocycles. The monoisotopic (exact) mass is 462 g/mol. The first-order valence-electron chi connectivity index (χ1n) is 10.0. The molecule has 0 bridgehead atoms. The van der Waals surface area contributed by atoms with E-state index in [2.05, 4.69) is 22.0 Å². The van der Waals surface area contributed by atoms with Crippen molar-refractivity contribution in [2.45, 2.75) is 0 Å². The summed E-state index contributed by atoms with van der Waals surface area (Å²) in [4.78, 5) is 17.6. The second-order valence-corrected chi connectivity index (χ2v) is 7.64. The number of nitrogens with one attached hydrogen (secondary N) is 1. The van der Waals surface area contributed by atoms with Gasteiger partial charge in [0.05, 0.1) is 31.8 Å². The molecule has 9 heteroatoms. The highest BCUT2D eigenvalue weighted by Crippen LogP contribution is 2.35. The van der Waals surface area contributed by atoms with Crippen molar-refractivity contribution in [3.05, 3.63) is 78.5 Å². The van der Waals surface area contributed by atoms with Gasteiger partial charge in [-0.2, -0.15) is 5.10 Å². The lowest BCUT2D eigenvalue weighted by Gasteiger charge is -2.08. The molecule has 168 valence electrons. The number of carbonyl (C=O) groups excluding carboxylic acids is 1. The Balaban J connectivity index is 1.60. The Labute approximate surface area is 195 Å². The molecule has 4 aromatic rings. The van der Waals surface area contributed by atoms with Crippen molar-refractivity contribution in [1.82, 2.24) is 14.8 Å². The van der Waals surface area contributed by atoms with Crippen LogP contribution in [0, 0.1) is 0 Å². The van der Waals surface area contributed by atoms with E-state index in [1.807, 2.05) is 53.9 Å². The van der Waals surface area contributed by atoms with Gasteiger partial charge in [0.25, 0.3) is 5.91 Å². The summed E-state index contributed by atoms with van der Waals surface area (Å²) in [5, 5.41) is 9.50. The van der Waals surface area contributed by atoms with E-state index in [4.69, 9.17) is 14.2 Å². The average Bonchev–Trinajstić information content (AvgIpc) is 3.50. The third kappa shape index (κ3) is 4.88. The maximum atomic E-state index is 13.0. The highest BCUT2D eigenvalue weighted by Gasteiger charge is 2.21. The largest absolute Gasteiger partial charge is 0.497 e. The molecule has 2 heterocycles. The molecule has 0 aliphatic rings. The van der Waals surface area contributed by atoms with Crippen molar-refractivity contribution in [2.24, 2.45) is 0 Å². The number of hydrogen-bond acceptors (Lipinski definition) is 7. The van der Waals surface area contributed by atoms with Crippen LogP contribution in [0.3, 0.4) is 0 Å². The Morgan fingerprint density at radius 1 is 1.15 bits per heavy atom. The topological polar surface area (TPSA) is 87.5 Å². The van der Waals surface area contributed by atoms with Gasteiger partial charge in [-0.05, 0) is 30.3 Å². The summed E-state index contributed by atoms with van der Waals surface area (Å²) < 4.78 is 18.0. The van der Waals surface area contributed by atoms with Gasteiger partial charge < -0.3 is 14.2 Å². The average molecular weight is 463 g/mol. The minimum Gasteiger partial charge on any atom is -0.497 e. The SMILES string of the molecule is C=CCOc1cn(-c2ccccc2)nc1C(=O)Nc1nc(-c2cc(OC)ccc2OC)cs1. The summed E-state index contributed by atoms with van der Waals surface area (Å²) >= 11 is 1.30. The van der Waals surface area contributed by atoms with Crippen molar-refractivity contribution in [2.75, 3.05) is 26.1 Å². The number of nitrogens with zero attached hydrogens (tertiary/aromatic N) is 3. The first-order chi connectivity index (χ1) is 16.1. The minimum absolute atomic E-state index is 0.149. The molecule has 33 heavy (non-hydrogen) atoms. The maximum absolute atomic E-state index is 13.0. The quantitative estimate of drug-likeness (QED) is 0.359. The smallest absolute Gasteiger partial charge is 0.281 e. The Morgan fingerprint density at radius 2 is 1.97 bits per heavy atom. The van der Waals surface area contributed by atoms with Crippen LogP contribution in [-0.2, 0) is 0 Å². The molecule has 0 radical (unpaired) electrons. The fourth-order valence-electron chi connectivity index (χ4n) is 3.11. The van der Waals surface area contributed by atoms with Crippen molar-refractivity contribution in [1.29, 1.82) is 0 Å². The number of rotatable bonds is 9. The van der Waals surface area contributed by atoms with E-state index >= 15 is 0 Å². The van der Waals surface area contributed by atoms with E-state index in [1.54, 1.807) is 31.2 Å². The van der Waals surface area contributed by atoms with E-state index in [0.717, 1.165) is 11.3 Å². The first-order valence-corrected chi connectivity index (χ1v) is 10.9. The number of methoxy groups -OCH3 is 2. The zero-order valence-electron chi connectivity index (χ0n) is 18.1. The molecule has 0 fully saturated rings. The van der Waals surface area contributed by atoms with Crippen LogP contribution in [0.15, 0.2) is 72.8 Å². The normalized spacial score (nSPS) is 10.5. The van der Waals surface area contributed by atoms with Gasteiger partial charge in [0, 0.05) is 10.9 Å². The lowest BCUT2D eigenvalue weighted by Crippen LogP contribution is -2.14. The molecule has 0 spiro atoms. The van der Waals surface area contributed by atoms with Crippen LogP contribution < -0.4 is 19.5 Å². The van der Waals surface area contributed by atoms with Crippen molar-refractivity contribution >= 4 is 22.4 Å². The number of para-hydroxylation sites is 1. The Morgan fingerprint density at radius 3 is 2.70 bits per heavy atom. The Bertz CT molecular complexity index is 1270. The molecule has 1 N–H and O–H groups in total. The fourth-order valence-corrected chi connectivity index (χ4v) is 3.81. The van der Waals surface area contributed by atoms with Crippen LogP contribution in [0.5, 0.6) is 17.2 Å². The second kappa shape index (κ2) is 10.0. The Hall–Kier alpha value is -4.11. The van der Waals surface area contributed by atoms with Crippen molar-refractivity contribution < 1.29 is 19.0 Å². The number of carbonyl (C=O) groups is 1. The van der Waals surface area contributed by atoms with Gasteiger partial charge in [-0.15, -0.1) is 11.3 Å². The number of thiazole rings is 1. The summed E-state index contributed by atoms with van der Waals surface area (Å²) in [5.74, 6) is 1.25. The number of anilines is 1. The molecule has 0 atom stereocenters. The van der Waals surface area contributed by atoms with Gasteiger partial charge in [0.15, 0.2) is 16.6 Å². The number of aromatic nitrogens is 3. The molecule has 0 aliphatic heterocycles. The van der Waals surface area contributed by atoms with Crippen LogP contribution in [0.4, 0.5) is 5.13 Å². The van der Waals surface area contributed by atoms with Gasteiger partial charge in [-0.25, -0.2) is 9.67 Å². The number of hydrogen-bond donors (Lipinski definition) is 1. The summed E-state index contributed by atoms with van der Waals surface area (Å²) in [6.45, 7) is 3.91. The summed E-state index contributed by atoms with van der Waals surface area (Å²) in [7, 11) is 3.19. The van der Waals surface area contributed by atoms with Gasteiger partial charge in [-0.3, -0.25) is 10.1 Å². The molecule has 1 amide bonds. The van der Waals surface area contributed by atoms with E-state index in [-0.39, 0.29) is 12.3 Å². The number of amides is 1. The Kier molecular flexibility index (Phi) is 6.70. The molecular weight excluding hydrogens is 440 g/mol. The summed E-state index contributed by atoms with van der Waals surface area (Å²) in [5.41, 5.74) is 2.37. The molecular formula is C24H22N4O4S. The standard InChI is InChI=1S/C24H22N4O4S/c1-4-12-32-21-14-28(16-8-6-5-7-9-16)27-22(21)23(29)26-24-25-19(15-33-24)18-13-17(30-2)10-11-20(18)31-3/h4-11,13-15H,1,12H2,2-3H3,(H,25,26,29). The van der Waals surface area contributed by atoms with Gasteiger partial charge in [0.1, 0.15) is 18.1 Å². The minimum atomic E-state index is -0.428. The first kappa shape index (κ1) is 22.1. The number of benzene rings is 2. The van der Waals surface area contributed by atoms with Crippen molar-refractivity contribution in [3.63, 3.8) is 0 Å². The number of ether oxygens (including phenoxy) is 3. The third-order valence-electron chi connectivity index (χ3n) is 4.68. The predicted octanol–water partition coefficient (Wildman–Crippen LogP) is 4.83. The summed E-state index contributed by atoms with van der Waals surface area (Å²) in [6.07, 6.45) is 3.28. The van der Waals surface area contributed by atoms with Crippen LogP contribution in [0.1, 0.15) is 10.5 Å². The lowest BCUT2D eigenvalue weighted by molar-refractivity contribution is 0.101. The molecule has 8 nitrogen and oxygen atoms in total. The van der Waals surface area contributed by atoms with Gasteiger partial charge in [0.2, 0.25) is 0 Å². The van der Waals surface area contributed by atoms with Gasteiger partial charge in [-0.1, -0.05) is 30.9 Å². The van der Waals surface area contributed by atoms with E-state index in [0.29, 0.717) is 28.1 Å². The fraction of sp³-hybridized carbons (Fsp3) is 0.125. The molecule has 2 aromatic heterocycles. The van der Waals surface area contributed by atoms with E-state index in [1.165, 1.54) is 11.3 Å². The molecule has 2 aromatic carbocycles. The zero-order chi connectivity index (χ0) is 23.2. The highest BCUT2D eigenvalue weighted by molar-refractivity contribution is 7.14. The highest BCUT2D eigenvalue weighted by atomic mass is 32.1. The molecule has 0 saturated heterocycles. The predicted molar refractivity (Wildman–Crippen MR) is 128 cm³/mol. The van der Waals surface area contributed by atoms with Crippen LogP contribution in [0.2, 0.25) is 0 Å². The van der Waals surface area contributed by atoms with E-state index in [9.17, 15) is 4.79 Å². The lowest BCUT2D eigenvalue weighted by atomic mass is 10.1. The molecule has 4 rings (SSSR count). The van der Waals surface area contributed by atoms with Crippen LogP contribution >= 0.6 is 11.3 Å². The molecule has 0 saturated carbocycles. The third-order valence-corrected chi connectivity index (χ3v) is 5.44. The second-order valence-electron chi connectivity index (χ2n) is 6.78.